The van der Waals surface area contributed by atoms with E-state index in [2.05, 4.69) is 19.5 Å². The molecule has 0 aliphatic heterocycles. The van der Waals surface area contributed by atoms with Crippen molar-refractivity contribution in [3.63, 3.8) is 0 Å². The Kier molecular flexibility index (Phi) is 3.62. The predicted octanol–water partition coefficient (Wildman–Crippen LogP) is -0.966. The second kappa shape index (κ2) is 5.25. The van der Waals surface area contributed by atoms with E-state index in [-0.39, 0.29) is 30.3 Å². The zero-order valence-corrected chi connectivity index (χ0v) is 12.6. The summed E-state index contributed by atoms with van der Waals surface area (Å²) >= 11 is 0. The number of nitrogens with one attached hydrogen (secondary N) is 1. The molecule has 2 heterocycles. The van der Waals surface area contributed by atoms with Crippen LogP contribution in [0.2, 0.25) is 0 Å². The van der Waals surface area contributed by atoms with Gasteiger partial charge in [-0.1, -0.05) is 0 Å². The van der Waals surface area contributed by atoms with Gasteiger partial charge in [0.15, 0.2) is 11.2 Å². The van der Waals surface area contributed by atoms with Crippen LogP contribution in [0, 0.1) is 5.41 Å². The van der Waals surface area contributed by atoms with Crippen LogP contribution >= 0.6 is 7.82 Å². The molecule has 1 saturated carbocycles. The van der Waals surface area contributed by atoms with Gasteiger partial charge in [0.2, 0.25) is 5.95 Å². The first-order chi connectivity index (χ1) is 10.7. The van der Waals surface area contributed by atoms with Crippen LogP contribution in [0.1, 0.15) is 6.42 Å². The summed E-state index contributed by atoms with van der Waals surface area (Å²) in [7, 11) is -4.62. The number of nitrogens with two attached hydrogens (primary N) is 1. The van der Waals surface area contributed by atoms with E-state index >= 15 is 0 Å². The first-order valence-corrected chi connectivity index (χ1v) is 8.02. The number of aliphatic hydroxyl groups excluding tert-OH is 1. The average Bonchev–Trinajstić information content (AvgIpc) is 3.00. The van der Waals surface area contributed by atoms with Gasteiger partial charge in [0, 0.05) is 11.6 Å². The fourth-order valence-corrected chi connectivity index (χ4v) is 2.68. The molecular formula is C11H14N5O6P. The van der Waals surface area contributed by atoms with Gasteiger partial charge in [-0.15, -0.1) is 0 Å². The van der Waals surface area contributed by atoms with E-state index < -0.39 is 18.8 Å². The van der Waals surface area contributed by atoms with Crippen molar-refractivity contribution < 1.29 is 24.0 Å². The Labute approximate surface area is 128 Å². The summed E-state index contributed by atoms with van der Waals surface area (Å²) < 4.78 is 16.7. The molecule has 124 valence electrons. The quantitative estimate of drug-likeness (QED) is 0.427. The third-order valence-corrected chi connectivity index (χ3v) is 4.11. The predicted molar refractivity (Wildman–Crippen MR) is 79.0 cm³/mol. The molecule has 6 N–H and O–H groups in total. The van der Waals surface area contributed by atoms with E-state index in [1.54, 1.807) is 6.20 Å². The van der Waals surface area contributed by atoms with Crippen LogP contribution in [0.3, 0.4) is 0 Å². The van der Waals surface area contributed by atoms with Crippen LogP contribution in [0.4, 0.5) is 5.95 Å². The fourth-order valence-electron chi connectivity index (χ4n) is 2.26. The van der Waals surface area contributed by atoms with Gasteiger partial charge >= 0.3 is 7.82 Å². The van der Waals surface area contributed by atoms with Gasteiger partial charge < -0.3 is 20.6 Å². The Balaban J connectivity index is 1.91. The van der Waals surface area contributed by atoms with Crippen LogP contribution in [0.25, 0.3) is 17.4 Å². The van der Waals surface area contributed by atoms with Crippen molar-refractivity contribution >= 4 is 31.1 Å². The van der Waals surface area contributed by atoms with Crippen LogP contribution < -0.4 is 11.3 Å². The maximum absolute atomic E-state index is 11.7. The van der Waals surface area contributed by atoms with Crippen molar-refractivity contribution in [3.8, 4) is 0 Å². The van der Waals surface area contributed by atoms with Crippen molar-refractivity contribution in [2.75, 3.05) is 18.9 Å². The summed E-state index contributed by atoms with van der Waals surface area (Å²) in [6.07, 6.45) is 3.34. The van der Waals surface area contributed by atoms with Gasteiger partial charge in [-0.2, -0.15) is 4.98 Å². The molecule has 1 atom stereocenters. The first-order valence-electron chi connectivity index (χ1n) is 6.48. The Morgan fingerprint density at radius 2 is 2.30 bits per heavy atom. The molecule has 2 aromatic rings. The molecule has 2 aromatic heterocycles. The minimum Gasteiger partial charge on any atom is -0.395 e. The van der Waals surface area contributed by atoms with Gasteiger partial charge in [0.05, 0.1) is 13.2 Å². The molecule has 11 nitrogen and oxygen atoms in total. The lowest BCUT2D eigenvalue weighted by molar-refractivity contribution is 0.124. The maximum atomic E-state index is 11.7. The van der Waals surface area contributed by atoms with E-state index in [1.165, 1.54) is 10.9 Å². The molecule has 3 rings (SSSR count). The Bertz CT molecular complexity index is 898. The third-order valence-electron chi connectivity index (χ3n) is 3.64. The van der Waals surface area contributed by atoms with E-state index in [4.69, 9.17) is 15.5 Å². The lowest BCUT2D eigenvalue weighted by Gasteiger charge is -2.12. The Morgan fingerprint density at radius 1 is 1.57 bits per heavy atom. The maximum Gasteiger partial charge on any atom is 0.469 e. The van der Waals surface area contributed by atoms with Gasteiger partial charge in [0.25, 0.3) is 5.56 Å². The highest BCUT2D eigenvalue weighted by molar-refractivity contribution is 7.46. The van der Waals surface area contributed by atoms with Gasteiger partial charge in [0.1, 0.15) is 6.33 Å². The number of rotatable bonds is 5. The smallest absolute Gasteiger partial charge is 0.395 e. The van der Waals surface area contributed by atoms with Crippen molar-refractivity contribution in [3.05, 3.63) is 22.3 Å². The Morgan fingerprint density at radius 3 is 2.96 bits per heavy atom. The number of aromatic amines is 1. The zero-order valence-electron chi connectivity index (χ0n) is 11.7. The molecule has 0 saturated heterocycles. The number of anilines is 1. The standard InChI is InChI=1S/C11H14N5O6P/c12-10-14-8-7(9(18)15-10)13-5-16(8)2-6-1-11(6,3-17)4-22-23(19,20)21/h2,5,17H,1,3-4H2,(H2,19,20,21)(H3,12,14,15,18)/b6-2+. The number of H-pyrrole nitrogens is 1. The molecule has 1 fully saturated rings. The second-order valence-electron chi connectivity index (χ2n) is 5.31. The molecule has 0 radical (unpaired) electrons. The van der Waals surface area contributed by atoms with E-state index in [1.807, 2.05) is 0 Å². The Hall–Kier alpha value is -2.04. The minimum atomic E-state index is -4.62. The molecular weight excluding hydrogens is 329 g/mol. The van der Waals surface area contributed by atoms with Gasteiger partial charge in [-0.05, 0) is 12.0 Å². The monoisotopic (exact) mass is 343 g/mol. The normalized spacial score (nSPS) is 22.8. The second-order valence-corrected chi connectivity index (χ2v) is 6.55. The molecule has 0 spiro atoms. The van der Waals surface area contributed by atoms with E-state index in [0.29, 0.717) is 12.0 Å². The summed E-state index contributed by atoms with van der Waals surface area (Å²) in [5.74, 6) is -0.0586. The average molecular weight is 343 g/mol. The summed E-state index contributed by atoms with van der Waals surface area (Å²) in [5, 5.41) is 9.46. The zero-order chi connectivity index (χ0) is 16.8. The number of phosphoric acid groups is 1. The molecule has 12 heteroatoms. The van der Waals surface area contributed by atoms with Crippen LogP contribution in [-0.2, 0) is 9.09 Å². The van der Waals surface area contributed by atoms with Crippen molar-refractivity contribution in [2.45, 2.75) is 6.42 Å². The molecule has 1 aliphatic carbocycles. The van der Waals surface area contributed by atoms with Gasteiger partial charge in [-0.25, -0.2) is 9.55 Å². The molecule has 1 unspecified atom stereocenters. The number of nitrogen functional groups attached to an aromatic ring is 1. The van der Waals surface area contributed by atoms with Crippen molar-refractivity contribution in [1.29, 1.82) is 0 Å². The van der Waals surface area contributed by atoms with Crippen LogP contribution in [0.5, 0.6) is 0 Å². The number of aromatic nitrogens is 4. The van der Waals surface area contributed by atoms with Gasteiger partial charge in [-0.3, -0.25) is 18.9 Å². The third kappa shape index (κ3) is 3.05. The first kappa shape index (κ1) is 15.8. The fraction of sp³-hybridized carbons (Fsp3) is 0.364. The van der Waals surface area contributed by atoms with Crippen molar-refractivity contribution in [2.24, 2.45) is 5.41 Å². The lowest BCUT2D eigenvalue weighted by atomic mass is 10.1. The largest absolute Gasteiger partial charge is 0.469 e. The molecule has 1 aliphatic rings. The molecule has 0 bridgehead atoms. The van der Waals surface area contributed by atoms with E-state index in [0.717, 1.165) is 0 Å². The number of aliphatic hydroxyl groups is 1. The van der Waals surface area contributed by atoms with Crippen molar-refractivity contribution in [1.82, 2.24) is 19.5 Å². The van der Waals surface area contributed by atoms with Crippen LogP contribution in [-0.4, -0.2) is 47.6 Å². The highest BCUT2D eigenvalue weighted by atomic mass is 31.2. The molecule has 0 amide bonds. The number of hydrogen-bond donors (Lipinski definition) is 5. The summed E-state index contributed by atoms with van der Waals surface area (Å²) in [6, 6.07) is 0. The topological polar surface area (TPSA) is 177 Å². The molecule has 0 aromatic carbocycles. The SMILES string of the molecule is Nc1nc2c(ncn2/C=C2\CC2(CO)COP(=O)(O)O)c(=O)[nH]1. The number of phosphoric ester groups is 1. The lowest BCUT2D eigenvalue weighted by Crippen LogP contribution is -2.15. The van der Waals surface area contributed by atoms with Crippen LogP contribution in [0.15, 0.2) is 16.7 Å². The van der Waals surface area contributed by atoms with E-state index in [9.17, 15) is 14.5 Å². The number of fused-ring (bicyclic) bond motifs is 1. The highest BCUT2D eigenvalue weighted by Crippen LogP contribution is 2.54. The molecule has 23 heavy (non-hydrogen) atoms. The number of nitrogens with zero attached hydrogens (tertiary/aromatic N) is 3. The highest BCUT2D eigenvalue weighted by Gasteiger charge is 2.50. The number of hydrogen-bond acceptors (Lipinski definition) is 7. The summed E-state index contributed by atoms with van der Waals surface area (Å²) in [6.45, 7) is -0.649. The summed E-state index contributed by atoms with van der Waals surface area (Å²) in [5.41, 5.74) is 5.21. The summed E-state index contributed by atoms with van der Waals surface area (Å²) in [4.78, 5) is 39.5. The number of imidazole rings is 1. The minimum absolute atomic E-state index is 0.0586.